The normalized spacial score (nSPS) is 11.9. The van der Waals surface area contributed by atoms with Crippen LogP contribution in [-0.4, -0.2) is 6.04 Å². The molecule has 0 heterocycles. The summed E-state index contributed by atoms with van der Waals surface area (Å²) in [5.41, 5.74) is 2.90. The molecular weight excluding hydrogens is 196 g/mol. The molecular formula is C14H20N2. The lowest BCUT2D eigenvalue weighted by Crippen LogP contribution is -2.18. The van der Waals surface area contributed by atoms with E-state index < -0.39 is 0 Å². The average molecular weight is 216 g/mol. The summed E-state index contributed by atoms with van der Waals surface area (Å²) < 4.78 is 0. The summed E-state index contributed by atoms with van der Waals surface area (Å²) in [5, 5.41) is 12.5. The Morgan fingerprint density at radius 3 is 2.69 bits per heavy atom. The minimum absolute atomic E-state index is 0.471. The van der Waals surface area contributed by atoms with Gasteiger partial charge in [0.2, 0.25) is 0 Å². The van der Waals surface area contributed by atoms with Gasteiger partial charge in [-0.2, -0.15) is 5.26 Å². The van der Waals surface area contributed by atoms with Crippen LogP contribution in [0, 0.1) is 18.3 Å². The third-order valence-corrected chi connectivity index (χ3v) is 2.79. The number of nitrogens with zero attached hydrogens (tertiary/aromatic N) is 1. The monoisotopic (exact) mass is 216 g/mol. The van der Waals surface area contributed by atoms with Crippen molar-refractivity contribution in [3.8, 4) is 6.07 Å². The molecule has 1 atom stereocenters. The van der Waals surface area contributed by atoms with Crippen LogP contribution in [0.5, 0.6) is 0 Å². The van der Waals surface area contributed by atoms with Gasteiger partial charge in [-0.25, -0.2) is 0 Å². The molecule has 86 valence electrons. The molecule has 1 rings (SSSR count). The molecule has 2 heteroatoms. The van der Waals surface area contributed by atoms with Crippen molar-refractivity contribution in [2.75, 3.05) is 5.32 Å². The second kappa shape index (κ2) is 6.17. The lowest BCUT2D eigenvalue weighted by molar-refractivity contribution is 0.622. The largest absolute Gasteiger partial charge is 0.381 e. The zero-order valence-electron chi connectivity index (χ0n) is 10.4. The maximum absolute atomic E-state index is 9.03. The van der Waals surface area contributed by atoms with Crippen molar-refractivity contribution >= 4 is 5.69 Å². The number of aryl methyl sites for hydroxylation is 1. The van der Waals surface area contributed by atoms with E-state index in [1.165, 1.54) is 12.0 Å². The number of anilines is 1. The highest BCUT2D eigenvalue weighted by Crippen LogP contribution is 2.19. The van der Waals surface area contributed by atoms with Crippen LogP contribution < -0.4 is 5.32 Å². The van der Waals surface area contributed by atoms with Gasteiger partial charge in [0.05, 0.1) is 11.3 Å². The highest BCUT2D eigenvalue weighted by Gasteiger charge is 2.08. The number of benzene rings is 1. The van der Waals surface area contributed by atoms with Crippen LogP contribution in [0.4, 0.5) is 5.69 Å². The van der Waals surface area contributed by atoms with Crippen LogP contribution in [0.2, 0.25) is 0 Å². The van der Waals surface area contributed by atoms with Crippen molar-refractivity contribution in [1.29, 1.82) is 5.26 Å². The van der Waals surface area contributed by atoms with E-state index in [0.29, 0.717) is 6.04 Å². The van der Waals surface area contributed by atoms with E-state index in [0.717, 1.165) is 24.1 Å². The third kappa shape index (κ3) is 3.27. The molecule has 0 fully saturated rings. The Bertz CT molecular complexity index is 377. The zero-order valence-corrected chi connectivity index (χ0v) is 10.4. The fraction of sp³-hybridized carbons (Fsp3) is 0.500. The van der Waals surface area contributed by atoms with Crippen LogP contribution >= 0.6 is 0 Å². The van der Waals surface area contributed by atoms with E-state index in [2.05, 4.69) is 31.3 Å². The number of nitriles is 1. The minimum Gasteiger partial charge on any atom is -0.381 e. The molecule has 1 aromatic carbocycles. The topological polar surface area (TPSA) is 35.8 Å². The summed E-state index contributed by atoms with van der Waals surface area (Å²) >= 11 is 0. The van der Waals surface area contributed by atoms with Gasteiger partial charge in [0.25, 0.3) is 0 Å². The van der Waals surface area contributed by atoms with Crippen molar-refractivity contribution in [3.63, 3.8) is 0 Å². The van der Waals surface area contributed by atoms with Crippen LogP contribution in [0.1, 0.15) is 44.2 Å². The second-order valence-electron chi connectivity index (χ2n) is 4.20. The van der Waals surface area contributed by atoms with Crippen molar-refractivity contribution in [2.24, 2.45) is 0 Å². The molecule has 1 aromatic rings. The van der Waals surface area contributed by atoms with Crippen molar-refractivity contribution < 1.29 is 0 Å². The van der Waals surface area contributed by atoms with Gasteiger partial charge in [0.15, 0.2) is 0 Å². The Morgan fingerprint density at radius 2 is 2.12 bits per heavy atom. The maximum atomic E-state index is 9.03. The third-order valence-electron chi connectivity index (χ3n) is 2.79. The van der Waals surface area contributed by atoms with Crippen LogP contribution in [-0.2, 0) is 0 Å². The van der Waals surface area contributed by atoms with Gasteiger partial charge in [-0.3, -0.25) is 0 Å². The molecule has 0 saturated heterocycles. The Morgan fingerprint density at radius 1 is 1.38 bits per heavy atom. The highest BCUT2D eigenvalue weighted by molar-refractivity contribution is 5.59. The van der Waals surface area contributed by atoms with E-state index in [-0.39, 0.29) is 0 Å². The number of nitrogens with one attached hydrogen (secondary N) is 1. The standard InChI is InChI=1S/C14H20N2/c1-4-6-13(5-2)16-14-9-11(3)7-8-12(14)10-15/h7-9,13,16H,4-6H2,1-3H3. The summed E-state index contributed by atoms with van der Waals surface area (Å²) in [5.74, 6) is 0. The summed E-state index contributed by atoms with van der Waals surface area (Å²) in [6, 6.07) is 8.62. The van der Waals surface area contributed by atoms with Gasteiger partial charge in [-0.15, -0.1) is 0 Å². The fourth-order valence-corrected chi connectivity index (χ4v) is 1.82. The molecule has 16 heavy (non-hydrogen) atoms. The molecule has 0 saturated carbocycles. The predicted octanol–water partition coefficient (Wildman–Crippen LogP) is 3.86. The van der Waals surface area contributed by atoms with Gasteiger partial charge in [-0.1, -0.05) is 26.3 Å². The van der Waals surface area contributed by atoms with Gasteiger partial charge in [0, 0.05) is 6.04 Å². The van der Waals surface area contributed by atoms with E-state index in [1.54, 1.807) is 0 Å². The van der Waals surface area contributed by atoms with Crippen LogP contribution in [0.3, 0.4) is 0 Å². The molecule has 0 spiro atoms. The maximum Gasteiger partial charge on any atom is 0.101 e. The SMILES string of the molecule is CCCC(CC)Nc1cc(C)ccc1C#N. The van der Waals surface area contributed by atoms with Gasteiger partial charge < -0.3 is 5.32 Å². The molecule has 1 N–H and O–H groups in total. The Labute approximate surface area is 98.3 Å². The molecule has 0 amide bonds. The van der Waals surface area contributed by atoms with Crippen LogP contribution in [0.25, 0.3) is 0 Å². The highest BCUT2D eigenvalue weighted by atomic mass is 14.9. The first-order chi connectivity index (χ1) is 7.71. The first kappa shape index (κ1) is 12.6. The first-order valence-electron chi connectivity index (χ1n) is 5.98. The van der Waals surface area contributed by atoms with E-state index in [1.807, 2.05) is 19.1 Å². The Hall–Kier alpha value is -1.49. The molecule has 0 radical (unpaired) electrons. The minimum atomic E-state index is 0.471. The van der Waals surface area contributed by atoms with Gasteiger partial charge >= 0.3 is 0 Å². The zero-order chi connectivity index (χ0) is 12.0. The van der Waals surface area contributed by atoms with Crippen molar-refractivity contribution in [3.05, 3.63) is 29.3 Å². The molecule has 0 aliphatic rings. The molecule has 1 unspecified atom stereocenters. The quantitative estimate of drug-likeness (QED) is 0.811. The summed E-state index contributed by atoms with van der Waals surface area (Å²) in [6.07, 6.45) is 3.40. The number of hydrogen-bond acceptors (Lipinski definition) is 2. The summed E-state index contributed by atoms with van der Waals surface area (Å²) in [7, 11) is 0. The van der Waals surface area contributed by atoms with Gasteiger partial charge in [-0.05, 0) is 37.5 Å². The van der Waals surface area contributed by atoms with E-state index >= 15 is 0 Å². The Balaban J connectivity index is 2.86. The second-order valence-corrected chi connectivity index (χ2v) is 4.20. The average Bonchev–Trinajstić information content (AvgIpc) is 2.29. The van der Waals surface area contributed by atoms with E-state index in [4.69, 9.17) is 5.26 Å². The van der Waals surface area contributed by atoms with E-state index in [9.17, 15) is 0 Å². The molecule has 0 bridgehead atoms. The predicted molar refractivity (Wildman–Crippen MR) is 68.5 cm³/mol. The number of hydrogen-bond donors (Lipinski definition) is 1. The summed E-state index contributed by atoms with van der Waals surface area (Å²) in [6.45, 7) is 6.41. The van der Waals surface area contributed by atoms with Crippen LogP contribution in [0.15, 0.2) is 18.2 Å². The smallest absolute Gasteiger partial charge is 0.101 e. The fourth-order valence-electron chi connectivity index (χ4n) is 1.82. The molecule has 2 nitrogen and oxygen atoms in total. The molecule has 0 aromatic heterocycles. The number of rotatable bonds is 5. The van der Waals surface area contributed by atoms with Crippen molar-refractivity contribution in [2.45, 2.75) is 46.1 Å². The Kier molecular flexibility index (Phi) is 4.85. The lowest BCUT2D eigenvalue weighted by Gasteiger charge is -2.18. The summed E-state index contributed by atoms with van der Waals surface area (Å²) in [4.78, 5) is 0. The molecule has 0 aliphatic heterocycles. The lowest BCUT2D eigenvalue weighted by atomic mass is 10.1. The first-order valence-corrected chi connectivity index (χ1v) is 5.98. The van der Waals surface area contributed by atoms with Gasteiger partial charge in [0.1, 0.15) is 6.07 Å². The molecule has 0 aliphatic carbocycles. The van der Waals surface area contributed by atoms with Crippen molar-refractivity contribution in [1.82, 2.24) is 0 Å².